The third-order valence-corrected chi connectivity index (χ3v) is 7.20. The van der Waals surface area contributed by atoms with Crippen molar-refractivity contribution in [2.24, 2.45) is 0 Å². The summed E-state index contributed by atoms with van der Waals surface area (Å²) in [5.74, 6) is 0.616. The summed E-state index contributed by atoms with van der Waals surface area (Å²) in [6, 6.07) is 26.5. The van der Waals surface area contributed by atoms with Crippen molar-refractivity contribution in [2.75, 3.05) is 18.0 Å². The van der Waals surface area contributed by atoms with Gasteiger partial charge in [0.2, 0.25) is 0 Å². The van der Waals surface area contributed by atoms with Crippen LogP contribution < -0.4 is 4.90 Å². The molecule has 0 N–H and O–H groups in total. The van der Waals surface area contributed by atoms with Crippen molar-refractivity contribution in [3.63, 3.8) is 0 Å². The van der Waals surface area contributed by atoms with Gasteiger partial charge in [0.25, 0.3) is 0 Å². The average molecular weight is 497 g/mol. The van der Waals surface area contributed by atoms with Gasteiger partial charge in [-0.05, 0) is 54.7 Å². The van der Waals surface area contributed by atoms with E-state index in [1.54, 1.807) is 12.1 Å². The molecule has 4 aromatic rings. The van der Waals surface area contributed by atoms with Crippen molar-refractivity contribution in [2.45, 2.75) is 58.8 Å². The maximum Gasteiger partial charge on any atom is 0.140 e. The minimum atomic E-state index is -0.229. The molecule has 37 heavy (non-hydrogen) atoms. The average Bonchev–Trinajstić information content (AvgIpc) is 3.59. The second kappa shape index (κ2) is 12.2. The number of hydrogen-bond acceptors (Lipinski definition) is 3. The molecule has 4 nitrogen and oxygen atoms in total. The van der Waals surface area contributed by atoms with Crippen LogP contribution in [0.1, 0.15) is 49.4 Å². The van der Waals surface area contributed by atoms with Gasteiger partial charge in [-0.25, -0.2) is 9.37 Å². The number of halogens is 1. The number of unbranched alkanes of at least 4 members (excludes halogenated alkanes) is 1. The fraction of sp³-hybridized carbons (Fsp3) is 0.344. The zero-order chi connectivity index (χ0) is 25.5. The topological polar surface area (TPSA) is 24.3 Å². The molecule has 1 aromatic heterocycles. The van der Waals surface area contributed by atoms with E-state index in [0.717, 1.165) is 69.2 Å². The maximum atomic E-state index is 14.0. The van der Waals surface area contributed by atoms with Gasteiger partial charge in [-0.3, -0.25) is 4.90 Å². The molecule has 1 aliphatic rings. The number of anilines is 1. The second-order valence-electron chi connectivity index (χ2n) is 10.1. The van der Waals surface area contributed by atoms with E-state index < -0.39 is 0 Å². The van der Waals surface area contributed by atoms with Crippen LogP contribution in [0, 0.1) is 5.82 Å². The molecule has 192 valence electrons. The molecule has 0 unspecified atom stereocenters. The highest BCUT2D eigenvalue weighted by Crippen LogP contribution is 2.25. The first-order chi connectivity index (χ1) is 18.2. The number of aromatic nitrogens is 2. The fourth-order valence-electron chi connectivity index (χ4n) is 5.25. The molecule has 3 aromatic carbocycles. The fourth-order valence-corrected chi connectivity index (χ4v) is 5.25. The third kappa shape index (κ3) is 6.47. The zero-order valence-electron chi connectivity index (χ0n) is 21.8. The van der Waals surface area contributed by atoms with Gasteiger partial charge in [0.15, 0.2) is 0 Å². The first-order valence-electron chi connectivity index (χ1n) is 13.6. The van der Waals surface area contributed by atoms with Crippen LogP contribution in [-0.4, -0.2) is 27.5 Å². The molecular formula is C32H37FN4. The van der Waals surface area contributed by atoms with Crippen LogP contribution in [0.15, 0.2) is 85.1 Å². The van der Waals surface area contributed by atoms with Crippen molar-refractivity contribution >= 4 is 5.69 Å². The Morgan fingerprint density at radius 2 is 1.57 bits per heavy atom. The predicted molar refractivity (Wildman–Crippen MR) is 150 cm³/mol. The molecule has 0 amide bonds. The predicted octanol–water partition coefficient (Wildman–Crippen LogP) is 7.29. The Bertz CT molecular complexity index is 1260. The standard InChI is InChI=1S/C32H37FN4/c1-2-3-20-37-31(22-34-32(37)28-12-9-13-29(33)21-28)25-35(23-26-10-5-4-6-11-26)24-27-14-16-30(17-15-27)36-18-7-8-19-36/h4-6,9-17,21-22H,2-3,7-8,18-20,23-25H2,1H3. The van der Waals surface area contributed by atoms with E-state index in [2.05, 4.69) is 75.9 Å². The van der Waals surface area contributed by atoms with Gasteiger partial charge in [-0.15, -0.1) is 0 Å². The minimum Gasteiger partial charge on any atom is -0.372 e. The summed E-state index contributed by atoms with van der Waals surface area (Å²) in [5.41, 5.74) is 5.92. The lowest BCUT2D eigenvalue weighted by Crippen LogP contribution is -2.24. The van der Waals surface area contributed by atoms with Gasteiger partial charge in [0, 0.05) is 50.5 Å². The smallest absolute Gasteiger partial charge is 0.140 e. The summed E-state index contributed by atoms with van der Waals surface area (Å²) in [5, 5.41) is 0. The van der Waals surface area contributed by atoms with Crippen LogP contribution >= 0.6 is 0 Å². The molecule has 1 fully saturated rings. The lowest BCUT2D eigenvalue weighted by atomic mass is 10.1. The summed E-state index contributed by atoms with van der Waals surface area (Å²) >= 11 is 0. The Morgan fingerprint density at radius 3 is 2.27 bits per heavy atom. The van der Waals surface area contributed by atoms with Gasteiger partial charge in [0.05, 0.1) is 11.9 Å². The van der Waals surface area contributed by atoms with E-state index in [1.807, 2.05) is 12.3 Å². The molecule has 1 saturated heterocycles. The first kappa shape index (κ1) is 25.2. The van der Waals surface area contributed by atoms with Crippen molar-refractivity contribution in [1.29, 1.82) is 0 Å². The van der Waals surface area contributed by atoms with Crippen LogP contribution in [0.3, 0.4) is 0 Å². The SMILES string of the molecule is CCCCn1c(CN(Cc2ccccc2)Cc2ccc(N3CCCC3)cc2)cnc1-c1cccc(F)c1. The van der Waals surface area contributed by atoms with Crippen LogP contribution in [0.2, 0.25) is 0 Å². The van der Waals surface area contributed by atoms with Gasteiger partial charge in [0.1, 0.15) is 11.6 Å². The Labute approximate surface area is 220 Å². The number of hydrogen-bond donors (Lipinski definition) is 0. The largest absolute Gasteiger partial charge is 0.372 e. The van der Waals surface area contributed by atoms with Gasteiger partial charge in [-0.1, -0.05) is 67.9 Å². The van der Waals surface area contributed by atoms with Crippen molar-refractivity contribution in [1.82, 2.24) is 14.5 Å². The Morgan fingerprint density at radius 1 is 0.838 bits per heavy atom. The summed E-state index contributed by atoms with van der Waals surface area (Å²) < 4.78 is 16.3. The number of nitrogens with zero attached hydrogens (tertiary/aromatic N) is 4. The summed E-state index contributed by atoms with van der Waals surface area (Å²) in [6.45, 7) is 7.87. The number of imidazole rings is 1. The lowest BCUT2D eigenvalue weighted by molar-refractivity contribution is 0.241. The highest BCUT2D eigenvalue weighted by Gasteiger charge is 2.17. The zero-order valence-corrected chi connectivity index (χ0v) is 21.8. The van der Waals surface area contributed by atoms with E-state index in [4.69, 9.17) is 4.98 Å². The Balaban J connectivity index is 1.40. The number of rotatable bonds is 11. The van der Waals surface area contributed by atoms with Crippen LogP contribution in [0.5, 0.6) is 0 Å². The number of benzene rings is 3. The molecule has 5 heteroatoms. The Kier molecular flexibility index (Phi) is 8.32. The third-order valence-electron chi connectivity index (χ3n) is 7.20. The lowest BCUT2D eigenvalue weighted by Gasteiger charge is -2.24. The van der Waals surface area contributed by atoms with Gasteiger partial charge >= 0.3 is 0 Å². The second-order valence-corrected chi connectivity index (χ2v) is 10.1. The summed E-state index contributed by atoms with van der Waals surface area (Å²) in [6.07, 6.45) is 6.70. The van der Waals surface area contributed by atoms with Gasteiger partial charge in [-0.2, -0.15) is 0 Å². The molecule has 5 rings (SSSR count). The van der Waals surface area contributed by atoms with Gasteiger partial charge < -0.3 is 9.47 Å². The quantitative estimate of drug-likeness (QED) is 0.218. The molecule has 0 spiro atoms. The normalized spacial score (nSPS) is 13.5. The van der Waals surface area contributed by atoms with Crippen molar-refractivity contribution in [3.8, 4) is 11.4 Å². The molecule has 0 bridgehead atoms. The first-order valence-corrected chi connectivity index (χ1v) is 13.6. The monoisotopic (exact) mass is 496 g/mol. The van der Waals surface area contributed by atoms with Crippen molar-refractivity contribution < 1.29 is 4.39 Å². The van der Waals surface area contributed by atoms with E-state index in [1.165, 1.54) is 35.7 Å². The van der Waals surface area contributed by atoms with Crippen LogP contribution in [0.25, 0.3) is 11.4 Å². The van der Waals surface area contributed by atoms with Crippen molar-refractivity contribution in [3.05, 3.63) is 108 Å². The summed E-state index contributed by atoms with van der Waals surface area (Å²) in [4.78, 5) is 9.73. The van der Waals surface area contributed by atoms with E-state index >= 15 is 0 Å². The maximum absolute atomic E-state index is 14.0. The van der Waals surface area contributed by atoms with E-state index in [0.29, 0.717) is 0 Å². The van der Waals surface area contributed by atoms with Crippen LogP contribution in [-0.2, 0) is 26.2 Å². The van der Waals surface area contributed by atoms with E-state index in [-0.39, 0.29) is 5.82 Å². The Hall–Kier alpha value is -3.44. The molecular weight excluding hydrogens is 459 g/mol. The van der Waals surface area contributed by atoms with E-state index in [9.17, 15) is 4.39 Å². The molecule has 0 atom stereocenters. The molecule has 0 radical (unpaired) electrons. The molecule has 2 heterocycles. The molecule has 1 aliphatic heterocycles. The minimum absolute atomic E-state index is 0.229. The highest BCUT2D eigenvalue weighted by molar-refractivity contribution is 5.56. The highest BCUT2D eigenvalue weighted by atomic mass is 19.1. The molecule has 0 aliphatic carbocycles. The van der Waals surface area contributed by atoms with Crippen LogP contribution in [0.4, 0.5) is 10.1 Å². The summed E-state index contributed by atoms with van der Waals surface area (Å²) in [7, 11) is 0. The molecule has 0 saturated carbocycles.